The molecule has 2 aromatic heterocycles. The summed E-state index contributed by atoms with van der Waals surface area (Å²) < 4.78 is 27.6. The number of nitrogen functional groups attached to an aromatic ring is 1. The van der Waals surface area contributed by atoms with Crippen molar-refractivity contribution in [3.8, 4) is 29.1 Å². The second kappa shape index (κ2) is 11.7. The fourth-order valence-corrected chi connectivity index (χ4v) is 3.54. The molecule has 2 amide bonds. The van der Waals surface area contributed by atoms with E-state index in [9.17, 15) is 14.4 Å². The standard InChI is InChI=1S/C28H29FN8O3/c1-5-12-39-18-8-6-17(7-9-18)37-24(14-23(36-37)28(2,3)4)35-27(38)34-22-11-10-19(13-21(22)29)40-26-20(15-30)25(31)32-16-33-26/h6-11,13-14,16H,5,12H2,1-4H3,(H2,31,32,33)(H2,34,35,38). The fraction of sp³-hybridized carbons (Fsp3) is 0.250. The molecule has 0 spiro atoms. The summed E-state index contributed by atoms with van der Waals surface area (Å²) in [4.78, 5) is 20.5. The molecule has 11 nitrogen and oxygen atoms in total. The van der Waals surface area contributed by atoms with Crippen molar-refractivity contribution in [3.63, 3.8) is 0 Å². The molecule has 0 radical (unpaired) electrons. The van der Waals surface area contributed by atoms with E-state index in [4.69, 9.17) is 20.3 Å². The number of carbonyl (C=O) groups excluding carboxylic acids is 1. The highest BCUT2D eigenvalue weighted by Crippen LogP contribution is 2.29. The number of halogens is 1. The molecule has 0 fully saturated rings. The molecule has 4 N–H and O–H groups in total. The van der Waals surface area contributed by atoms with Gasteiger partial charge in [0.15, 0.2) is 5.56 Å². The van der Waals surface area contributed by atoms with E-state index in [0.717, 1.165) is 30.3 Å². The number of nitriles is 1. The summed E-state index contributed by atoms with van der Waals surface area (Å²) in [6.07, 6.45) is 2.03. The number of rotatable bonds is 8. The number of carbonyl (C=O) groups is 1. The minimum atomic E-state index is -0.764. The Bertz CT molecular complexity index is 1560. The molecule has 0 saturated carbocycles. The van der Waals surface area contributed by atoms with Crippen molar-refractivity contribution in [3.05, 3.63) is 71.9 Å². The van der Waals surface area contributed by atoms with E-state index in [0.29, 0.717) is 18.1 Å². The van der Waals surface area contributed by atoms with Crippen molar-refractivity contribution < 1.29 is 18.7 Å². The first-order valence-corrected chi connectivity index (χ1v) is 12.5. The fourth-order valence-electron chi connectivity index (χ4n) is 3.54. The Hall–Kier alpha value is -5.18. The van der Waals surface area contributed by atoms with Crippen molar-refractivity contribution in [1.82, 2.24) is 19.7 Å². The molecule has 2 aromatic carbocycles. The lowest BCUT2D eigenvalue weighted by Gasteiger charge is -2.14. The molecular formula is C28H29FN8O3. The van der Waals surface area contributed by atoms with Crippen LogP contribution >= 0.6 is 0 Å². The average Bonchev–Trinajstić information content (AvgIpc) is 3.34. The predicted octanol–water partition coefficient (Wildman–Crippen LogP) is 5.78. The number of nitrogens with two attached hydrogens (primary N) is 1. The van der Waals surface area contributed by atoms with Gasteiger partial charge in [0.05, 0.1) is 23.7 Å². The molecule has 2 heterocycles. The molecule has 0 aliphatic carbocycles. The zero-order valence-electron chi connectivity index (χ0n) is 22.5. The normalized spacial score (nSPS) is 11.0. The van der Waals surface area contributed by atoms with E-state index in [1.165, 1.54) is 12.1 Å². The van der Waals surface area contributed by atoms with Crippen molar-refractivity contribution in [2.75, 3.05) is 23.0 Å². The Labute approximate surface area is 230 Å². The maximum absolute atomic E-state index is 14.9. The van der Waals surface area contributed by atoms with Gasteiger partial charge in [-0.3, -0.25) is 5.32 Å². The van der Waals surface area contributed by atoms with Crippen LogP contribution in [-0.4, -0.2) is 32.4 Å². The van der Waals surface area contributed by atoms with Gasteiger partial charge in [0.25, 0.3) is 0 Å². The Kier molecular flexibility index (Phi) is 8.14. The van der Waals surface area contributed by atoms with Crippen molar-refractivity contribution >= 4 is 23.4 Å². The quantitative estimate of drug-likeness (QED) is 0.252. The molecule has 0 aliphatic heterocycles. The predicted molar refractivity (Wildman–Crippen MR) is 148 cm³/mol. The van der Waals surface area contributed by atoms with Crippen LogP contribution in [0.15, 0.2) is 54.9 Å². The number of aromatic nitrogens is 4. The summed E-state index contributed by atoms with van der Waals surface area (Å²) in [6, 6.07) is 14.1. The number of benzene rings is 2. The number of hydrogen-bond acceptors (Lipinski definition) is 8. The van der Waals surface area contributed by atoms with Crippen LogP contribution in [0.3, 0.4) is 0 Å². The Morgan fingerprint density at radius 3 is 2.48 bits per heavy atom. The van der Waals surface area contributed by atoms with Gasteiger partial charge in [0, 0.05) is 17.5 Å². The van der Waals surface area contributed by atoms with Crippen LogP contribution in [0.25, 0.3) is 5.69 Å². The largest absolute Gasteiger partial charge is 0.494 e. The van der Waals surface area contributed by atoms with E-state index in [1.807, 2.05) is 58.0 Å². The lowest BCUT2D eigenvalue weighted by atomic mass is 9.92. The van der Waals surface area contributed by atoms with Gasteiger partial charge in [-0.2, -0.15) is 10.4 Å². The van der Waals surface area contributed by atoms with Crippen LogP contribution in [0.5, 0.6) is 17.4 Å². The highest BCUT2D eigenvalue weighted by Gasteiger charge is 2.22. The summed E-state index contributed by atoms with van der Waals surface area (Å²) in [5, 5.41) is 19.2. The monoisotopic (exact) mass is 544 g/mol. The van der Waals surface area contributed by atoms with Gasteiger partial charge in [-0.1, -0.05) is 27.7 Å². The van der Waals surface area contributed by atoms with Gasteiger partial charge in [0.2, 0.25) is 5.88 Å². The van der Waals surface area contributed by atoms with Gasteiger partial charge < -0.3 is 20.5 Å². The summed E-state index contributed by atoms with van der Waals surface area (Å²) >= 11 is 0. The number of ether oxygens (including phenoxy) is 2. The topological polar surface area (TPSA) is 153 Å². The van der Waals surface area contributed by atoms with Crippen molar-refractivity contribution in [1.29, 1.82) is 5.26 Å². The smallest absolute Gasteiger partial charge is 0.324 e. The Balaban J connectivity index is 1.52. The summed E-state index contributed by atoms with van der Waals surface area (Å²) in [7, 11) is 0. The third-order valence-corrected chi connectivity index (χ3v) is 5.63. The highest BCUT2D eigenvalue weighted by atomic mass is 19.1. The van der Waals surface area contributed by atoms with Gasteiger partial charge >= 0.3 is 6.03 Å². The lowest BCUT2D eigenvalue weighted by Crippen LogP contribution is -2.22. The van der Waals surface area contributed by atoms with Gasteiger partial charge in [0.1, 0.15) is 41.3 Å². The number of urea groups is 1. The van der Waals surface area contributed by atoms with Crippen molar-refractivity contribution in [2.45, 2.75) is 39.5 Å². The summed E-state index contributed by atoms with van der Waals surface area (Å²) in [5.41, 5.74) is 6.68. The highest BCUT2D eigenvalue weighted by molar-refractivity contribution is 5.99. The number of anilines is 3. The Morgan fingerprint density at radius 1 is 1.10 bits per heavy atom. The van der Waals surface area contributed by atoms with E-state index >= 15 is 0 Å². The van der Waals surface area contributed by atoms with Crippen LogP contribution < -0.4 is 25.8 Å². The lowest BCUT2D eigenvalue weighted by molar-refractivity contribution is 0.262. The van der Waals surface area contributed by atoms with E-state index < -0.39 is 11.8 Å². The zero-order valence-corrected chi connectivity index (χ0v) is 22.5. The van der Waals surface area contributed by atoms with Crippen molar-refractivity contribution in [2.24, 2.45) is 0 Å². The minimum Gasteiger partial charge on any atom is -0.494 e. The maximum atomic E-state index is 14.9. The van der Waals surface area contributed by atoms with Crippen LogP contribution in [0.1, 0.15) is 45.4 Å². The molecule has 12 heteroatoms. The number of nitrogens with one attached hydrogen (secondary N) is 2. The zero-order chi connectivity index (χ0) is 28.9. The van der Waals surface area contributed by atoms with Gasteiger partial charge in [-0.25, -0.2) is 23.8 Å². The van der Waals surface area contributed by atoms with E-state index in [-0.39, 0.29) is 34.1 Å². The molecule has 4 rings (SSSR count). The SMILES string of the molecule is CCCOc1ccc(-n2nc(C(C)(C)C)cc2NC(=O)Nc2ccc(Oc3ncnc(N)c3C#N)cc2F)cc1. The van der Waals surface area contributed by atoms with Gasteiger partial charge in [-0.05, 0) is 42.8 Å². The van der Waals surface area contributed by atoms with Gasteiger partial charge in [-0.15, -0.1) is 0 Å². The van der Waals surface area contributed by atoms with E-state index in [1.54, 1.807) is 10.7 Å². The Morgan fingerprint density at radius 2 is 1.82 bits per heavy atom. The minimum absolute atomic E-state index is 0.0531. The second-order valence-electron chi connectivity index (χ2n) is 9.79. The second-order valence-corrected chi connectivity index (χ2v) is 9.79. The first-order chi connectivity index (χ1) is 19.1. The molecule has 0 saturated heterocycles. The van der Waals surface area contributed by atoms with E-state index in [2.05, 4.69) is 20.6 Å². The molecule has 0 atom stereocenters. The first kappa shape index (κ1) is 27.8. The molecule has 206 valence electrons. The summed E-state index contributed by atoms with van der Waals surface area (Å²) in [5.74, 6) is 0.252. The average molecular weight is 545 g/mol. The number of hydrogen-bond donors (Lipinski definition) is 3. The molecule has 0 bridgehead atoms. The maximum Gasteiger partial charge on any atom is 0.324 e. The summed E-state index contributed by atoms with van der Waals surface area (Å²) in [6.45, 7) is 8.69. The molecule has 40 heavy (non-hydrogen) atoms. The third kappa shape index (κ3) is 6.44. The third-order valence-electron chi connectivity index (χ3n) is 5.63. The molecule has 4 aromatic rings. The first-order valence-electron chi connectivity index (χ1n) is 12.5. The van der Waals surface area contributed by atoms with Crippen LogP contribution in [-0.2, 0) is 5.41 Å². The molecule has 0 unspecified atom stereocenters. The van der Waals surface area contributed by atoms with Crippen LogP contribution in [0.2, 0.25) is 0 Å². The van der Waals surface area contributed by atoms with Crippen LogP contribution in [0.4, 0.5) is 26.5 Å². The number of nitrogens with zero attached hydrogens (tertiary/aromatic N) is 5. The molecule has 0 aliphatic rings. The van der Waals surface area contributed by atoms with Crippen LogP contribution in [0, 0.1) is 17.1 Å². The number of amides is 2. The molecular weight excluding hydrogens is 515 g/mol.